The lowest BCUT2D eigenvalue weighted by Gasteiger charge is -2.25. The number of aryl methyl sites for hydroxylation is 1. The number of nitro benzene ring substituents is 1. The molecule has 0 saturated carbocycles. The number of benzene rings is 3. The highest BCUT2D eigenvalue weighted by molar-refractivity contribution is 7.85. The molecule has 0 spiro atoms. The molecule has 0 atom stereocenters. The maximum absolute atomic E-state index is 14.0. The number of rotatable bonds is 7. The number of alkyl halides is 3. The normalized spacial score (nSPS) is 11.9. The van der Waals surface area contributed by atoms with Gasteiger partial charge in [-0.2, -0.15) is 23.2 Å². The molecule has 0 aliphatic carbocycles. The van der Waals surface area contributed by atoms with E-state index in [1.807, 2.05) is 6.92 Å². The number of halogens is 5. The molecule has 16 heteroatoms. The first-order valence-corrected chi connectivity index (χ1v) is 12.9. The Balaban J connectivity index is 0.000000446. The van der Waals surface area contributed by atoms with Crippen LogP contribution in [0, 0.1) is 28.7 Å². The smallest absolute Gasteiger partial charge is 0.416 e. The molecule has 0 bridgehead atoms. The Kier molecular flexibility index (Phi) is 10.3. The zero-order valence-corrected chi connectivity index (χ0v) is 22.8. The maximum atomic E-state index is 14.0. The molecule has 222 valence electrons. The van der Waals surface area contributed by atoms with Crippen LogP contribution < -0.4 is 10.2 Å². The molecule has 0 saturated heterocycles. The second kappa shape index (κ2) is 12.7. The van der Waals surface area contributed by atoms with E-state index < -0.39 is 65.9 Å². The highest BCUT2D eigenvalue weighted by Gasteiger charge is 2.35. The molecule has 3 rings (SSSR count). The second-order valence-corrected chi connectivity index (χ2v) is 10.2. The van der Waals surface area contributed by atoms with Crippen LogP contribution in [0.25, 0.3) is 0 Å². The van der Waals surface area contributed by atoms with Crippen LogP contribution >= 0.6 is 0 Å². The van der Waals surface area contributed by atoms with E-state index in [1.54, 1.807) is 19.1 Å². The van der Waals surface area contributed by atoms with E-state index >= 15 is 0 Å². The van der Waals surface area contributed by atoms with Gasteiger partial charge in [0.25, 0.3) is 5.69 Å². The summed E-state index contributed by atoms with van der Waals surface area (Å²) in [5.74, 6) is -5.52. The van der Waals surface area contributed by atoms with Crippen molar-refractivity contribution in [1.82, 2.24) is 5.43 Å². The first-order chi connectivity index (χ1) is 18.8. The third-order valence-electron chi connectivity index (χ3n) is 5.31. The summed E-state index contributed by atoms with van der Waals surface area (Å²) in [6.07, 6.45) is -4.97. The first-order valence-electron chi connectivity index (χ1n) is 11.5. The highest BCUT2D eigenvalue weighted by atomic mass is 32.2. The minimum atomic E-state index is -4.97. The summed E-state index contributed by atoms with van der Waals surface area (Å²) >= 11 is 0. The highest BCUT2D eigenvalue weighted by Crippen LogP contribution is 2.36. The second-order valence-electron chi connectivity index (χ2n) is 8.84. The fourth-order valence-corrected chi connectivity index (χ4v) is 3.79. The molecular formula is C25H24F5N3O7S. The summed E-state index contributed by atoms with van der Waals surface area (Å²) in [6, 6.07) is 8.66. The average Bonchev–Trinajstić information content (AvgIpc) is 2.85. The van der Waals surface area contributed by atoms with Gasteiger partial charge in [-0.25, -0.2) is 22.0 Å². The summed E-state index contributed by atoms with van der Waals surface area (Å²) in [5, 5.41) is 11.3. The molecule has 0 aromatic heterocycles. The Hall–Kier alpha value is -3.99. The van der Waals surface area contributed by atoms with E-state index in [1.165, 1.54) is 26.2 Å². The number of nitro groups is 1. The quantitative estimate of drug-likeness (QED) is 0.126. The number of carbonyl (C=O) groups excluding carboxylic acids is 1. The van der Waals surface area contributed by atoms with Crippen LogP contribution in [-0.4, -0.2) is 49.0 Å². The minimum absolute atomic E-state index is 0.0566. The molecule has 1 amide bonds. The standard InChI is InChI=1S/C18H17F5N3O4.C7H8O3S/c1-4-24-26(2,3)17(27)12-9-11(5-6-15(12)25(28)29)30-16-13(19)7-10(8-14(16)20)18(21,22)23;1-6-2-4-7(5-3-6)11(8,9)10/h5-9,24H,4H2,1-3H3;2-5H,1H3,(H,8,9,10)/q+1;/p-1. The molecule has 3 aromatic carbocycles. The third kappa shape index (κ3) is 8.75. The lowest BCUT2D eigenvalue weighted by atomic mass is 10.1. The molecule has 41 heavy (non-hydrogen) atoms. The number of hydrogen-bond donors (Lipinski definition) is 1. The number of carbonyl (C=O) groups is 1. The summed E-state index contributed by atoms with van der Waals surface area (Å²) in [6.45, 7) is 3.88. The van der Waals surface area contributed by atoms with Crippen molar-refractivity contribution in [3.8, 4) is 11.5 Å². The van der Waals surface area contributed by atoms with Gasteiger partial charge < -0.3 is 9.29 Å². The van der Waals surface area contributed by atoms with E-state index in [0.29, 0.717) is 6.54 Å². The number of amides is 1. The molecule has 0 fully saturated rings. The summed E-state index contributed by atoms with van der Waals surface area (Å²) in [4.78, 5) is 23.0. The molecule has 0 radical (unpaired) electrons. The van der Waals surface area contributed by atoms with Crippen LogP contribution in [0.4, 0.5) is 27.6 Å². The van der Waals surface area contributed by atoms with Gasteiger partial charge in [-0.15, -0.1) is 0 Å². The van der Waals surface area contributed by atoms with Crippen LogP contribution in [0.15, 0.2) is 59.5 Å². The van der Waals surface area contributed by atoms with E-state index in [-0.39, 0.29) is 22.8 Å². The predicted octanol–water partition coefficient (Wildman–Crippen LogP) is 5.32. The SMILES string of the molecule is CCN[N+](C)(C)C(=O)c1cc(Oc2c(F)cc(C(F)(F)F)cc2F)ccc1[N+](=O)[O-].Cc1ccc(S(=O)(=O)[O-])cc1. The summed E-state index contributed by atoms with van der Waals surface area (Å²) in [7, 11) is -1.41. The van der Waals surface area contributed by atoms with E-state index in [2.05, 4.69) is 5.43 Å². The third-order valence-corrected chi connectivity index (χ3v) is 6.16. The topological polar surface area (TPSA) is 139 Å². The average molecular weight is 606 g/mol. The van der Waals surface area contributed by atoms with Crippen molar-refractivity contribution >= 4 is 21.7 Å². The lowest BCUT2D eigenvalue weighted by Crippen LogP contribution is -2.55. The predicted molar refractivity (Wildman–Crippen MR) is 134 cm³/mol. The molecule has 0 aliphatic rings. The van der Waals surface area contributed by atoms with Gasteiger partial charge in [0.15, 0.2) is 22.9 Å². The van der Waals surface area contributed by atoms with Gasteiger partial charge in [0.2, 0.25) is 0 Å². The van der Waals surface area contributed by atoms with Crippen molar-refractivity contribution in [2.24, 2.45) is 0 Å². The van der Waals surface area contributed by atoms with Gasteiger partial charge in [-0.1, -0.05) is 17.7 Å². The van der Waals surface area contributed by atoms with Crippen LogP contribution in [0.3, 0.4) is 0 Å². The molecule has 0 aliphatic heterocycles. The first kappa shape index (κ1) is 33.2. The molecule has 10 nitrogen and oxygen atoms in total. The molecule has 0 heterocycles. The van der Waals surface area contributed by atoms with Crippen LogP contribution in [0.1, 0.15) is 28.4 Å². The minimum Gasteiger partial charge on any atom is -0.744 e. The Bertz CT molecular complexity index is 1520. The Morgan fingerprint density at radius 3 is 2.00 bits per heavy atom. The Labute approximate surface area is 231 Å². The largest absolute Gasteiger partial charge is 0.744 e. The van der Waals surface area contributed by atoms with E-state index in [0.717, 1.165) is 23.8 Å². The van der Waals surface area contributed by atoms with Crippen molar-refractivity contribution in [2.45, 2.75) is 24.9 Å². The van der Waals surface area contributed by atoms with Crippen molar-refractivity contribution in [2.75, 3.05) is 20.6 Å². The number of ether oxygens (including phenoxy) is 1. The zero-order chi connectivity index (χ0) is 31.3. The zero-order valence-electron chi connectivity index (χ0n) is 22.0. The van der Waals surface area contributed by atoms with Gasteiger partial charge in [-0.3, -0.25) is 10.1 Å². The van der Waals surface area contributed by atoms with Crippen LogP contribution in [0.5, 0.6) is 11.5 Å². The Morgan fingerprint density at radius 1 is 1.02 bits per heavy atom. The summed E-state index contributed by atoms with van der Waals surface area (Å²) < 4.78 is 102. The van der Waals surface area contributed by atoms with E-state index in [9.17, 15) is 49.8 Å². The van der Waals surface area contributed by atoms with Gasteiger partial charge in [0, 0.05) is 18.7 Å². The molecule has 1 N–H and O–H groups in total. The lowest BCUT2D eigenvalue weighted by molar-refractivity contribution is -0.854. The van der Waals surface area contributed by atoms with Crippen LogP contribution in [-0.2, 0) is 16.3 Å². The number of nitrogens with zero attached hydrogens (tertiary/aromatic N) is 2. The van der Waals surface area contributed by atoms with Crippen molar-refractivity contribution < 1.29 is 54.0 Å². The number of nitrogens with one attached hydrogen (secondary N) is 1. The fourth-order valence-electron chi connectivity index (χ4n) is 3.32. The van der Waals surface area contributed by atoms with Crippen LogP contribution in [0.2, 0.25) is 0 Å². The monoisotopic (exact) mass is 605 g/mol. The van der Waals surface area contributed by atoms with Crippen molar-refractivity contribution in [3.05, 3.63) is 93.0 Å². The van der Waals surface area contributed by atoms with Crippen molar-refractivity contribution in [1.29, 1.82) is 0 Å². The molecule has 0 unspecified atom stereocenters. The van der Waals surface area contributed by atoms with Crippen molar-refractivity contribution in [3.63, 3.8) is 0 Å². The summed E-state index contributed by atoms with van der Waals surface area (Å²) in [5.41, 5.74) is 1.17. The number of quaternary nitrogens is 1. The van der Waals surface area contributed by atoms with Gasteiger partial charge >= 0.3 is 12.1 Å². The maximum Gasteiger partial charge on any atom is 0.416 e. The van der Waals surface area contributed by atoms with Gasteiger partial charge in [0.1, 0.15) is 15.9 Å². The molecular weight excluding hydrogens is 581 g/mol. The van der Waals surface area contributed by atoms with E-state index in [4.69, 9.17) is 4.74 Å². The fraction of sp³-hybridized carbons (Fsp3) is 0.240. The van der Waals surface area contributed by atoms with Gasteiger partial charge in [0.05, 0.1) is 29.5 Å². The molecule has 3 aromatic rings. The van der Waals surface area contributed by atoms with Gasteiger partial charge in [-0.05, 0) is 44.2 Å². The number of hydrogen-bond acceptors (Lipinski definition) is 8. The Morgan fingerprint density at radius 2 is 1.56 bits per heavy atom.